The first kappa shape index (κ1) is 29.8. The van der Waals surface area contributed by atoms with Crippen LogP contribution in [0.3, 0.4) is 0 Å². The van der Waals surface area contributed by atoms with Crippen LogP contribution in [-0.4, -0.2) is 44.9 Å². The van der Waals surface area contributed by atoms with Crippen LogP contribution in [-0.2, 0) is 20.7 Å². The van der Waals surface area contributed by atoms with Gasteiger partial charge < -0.3 is 15.4 Å². The van der Waals surface area contributed by atoms with E-state index < -0.39 is 17.8 Å². The average molecular weight is 605 g/mol. The summed E-state index contributed by atoms with van der Waals surface area (Å²) >= 11 is 5.90. The van der Waals surface area contributed by atoms with Gasteiger partial charge in [-0.15, -0.1) is 5.10 Å². The zero-order valence-electron chi connectivity index (χ0n) is 23.6. The highest BCUT2D eigenvalue weighted by Gasteiger charge is 2.25. The molecule has 2 aromatic heterocycles. The van der Waals surface area contributed by atoms with E-state index in [1.807, 2.05) is 31.2 Å². The van der Waals surface area contributed by atoms with Gasteiger partial charge in [-0.1, -0.05) is 48.4 Å². The number of fused-ring (bicyclic) bond motifs is 4. The molecule has 2 aromatic carbocycles. The molecule has 222 valence electrons. The Labute approximate surface area is 252 Å². The zero-order valence-corrected chi connectivity index (χ0v) is 24.4. The second kappa shape index (κ2) is 13.1. The quantitative estimate of drug-likeness (QED) is 0.280. The molecule has 1 aliphatic rings. The van der Waals surface area contributed by atoms with Crippen LogP contribution in [0.5, 0.6) is 0 Å². The summed E-state index contributed by atoms with van der Waals surface area (Å²) in [7, 11) is 1.33. The SMILES string of the molecule is CCC1CCC[C@H](NC(=O)c2cn(-c3cccc(Cl)c3F)nn2)c2cc(ccn2)-c2ccc(CC(=O)OC)cc2NC1=O. The Morgan fingerprint density at radius 2 is 2.02 bits per heavy atom. The minimum atomic E-state index is -0.673. The number of carbonyl (C=O) groups excluding carboxylic acids is 3. The monoisotopic (exact) mass is 604 g/mol. The number of rotatable bonds is 6. The largest absolute Gasteiger partial charge is 0.469 e. The number of nitrogens with one attached hydrogen (secondary N) is 2. The molecule has 0 saturated carbocycles. The van der Waals surface area contributed by atoms with Crippen molar-refractivity contribution in [3.8, 4) is 16.8 Å². The summed E-state index contributed by atoms with van der Waals surface area (Å²) in [5.74, 6) is -1.93. The first-order valence-corrected chi connectivity index (χ1v) is 14.3. The van der Waals surface area contributed by atoms with Gasteiger partial charge in [0.2, 0.25) is 5.91 Å². The van der Waals surface area contributed by atoms with E-state index in [0.717, 1.165) is 15.8 Å². The molecule has 1 aliphatic heterocycles. The lowest BCUT2D eigenvalue weighted by Gasteiger charge is -2.23. The number of methoxy groups -OCH3 is 1. The minimum Gasteiger partial charge on any atom is -0.469 e. The Morgan fingerprint density at radius 1 is 1.19 bits per heavy atom. The highest BCUT2D eigenvalue weighted by molar-refractivity contribution is 6.30. The maximum Gasteiger partial charge on any atom is 0.309 e. The van der Waals surface area contributed by atoms with Gasteiger partial charge in [-0.3, -0.25) is 19.4 Å². The third kappa shape index (κ3) is 6.72. The number of hydrogen-bond donors (Lipinski definition) is 2. The summed E-state index contributed by atoms with van der Waals surface area (Å²) < 4.78 is 20.5. The Kier molecular flexibility index (Phi) is 9.10. The van der Waals surface area contributed by atoms with E-state index in [-0.39, 0.29) is 40.6 Å². The number of carbonyl (C=O) groups is 3. The molecular formula is C31H30ClFN6O4. The molecule has 2 N–H and O–H groups in total. The highest BCUT2D eigenvalue weighted by atomic mass is 35.5. The number of amides is 2. The maximum atomic E-state index is 14.5. The van der Waals surface area contributed by atoms with Crippen molar-refractivity contribution >= 4 is 35.1 Å². The van der Waals surface area contributed by atoms with Crippen LogP contribution in [0.4, 0.5) is 10.1 Å². The van der Waals surface area contributed by atoms with Crippen molar-refractivity contribution in [3.63, 3.8) is 0 Å². The molecule has 0 spiro atoms. The lowest BCUT2D eigenvalue weighted by molar-refractivity contribution is -0.139. The molecule has 12 heteroatoms. The fourth-order valence-electron chi connectivity index (χ4n) is 5.11. The lowest BCUT2D eigenvalue weighted by atomic mass is 9.93. The maximum absolute atomic E-state index is 14.5. The second-order valence-electron chi connectivity index (χ2n) is 10.3. The molecule has 10 nitrogen and oxygen atoms in total. The van der Waals surface area contributed by atoms with E-state index in [0.29, 0.717) is 42.6 Å². The third-order valence-corrected chi connectivity index (χ3v) is 7.78. The van der Waals surface area contributed by atoms with Crippen molar-refractivity contribution in [2.24, 2.45) is 5.92 Å². The Hall–Kier alpha value is -4.64. The predicted molar refractivity (Wildman–Crippen MR) is 158 cm³/mol. The van der Waals surface area contributed by atoms with Gasteiger partial charge in [0.25, 0.3) is 5.91 Å². The van der Waals surface area contributed by atoms with E-state index >= 15 is 0 Å². The van der Waals surface area contributed by atoms with Gasteiger partial charge in [0, 0.05) is 23.4 Å². The molecule has 0 radical (unpaired) electrons. The number of ether oxygens (including phenoxy) is 1. The molecule has 1 unspecified atom stereocenters. The van der Waals surface area contributed by atoms with Crippen LogP contribution in [0.15, 0.2) is 60.9 Å². The van der Waals surface area contributed by atoms with E-state index in [1.54, 1.807) is 18.3 Å². The molecule has 3 heterocycles. The molecule has 4 aromatic rings. The summed E-state index contributed by atoms with van der Waals surface area (Å²) in [5, 5.41) is 13.9. The molecule has 0 aliphatic carbocycles. The Morgan fingerprint density at radius 3 is 2.81 bits per heavy atom. The molecular weight excluding hydrogens is 575 g/mol. The van der Waals surface area contributed by atoms with Gasteiger partial charge in [0.15, 0.2) is 11.5 Å². The van der Waals surface area contributed by atoms with Crippen molar-refractivity contribution in [2.45, 2.75) is 45.1 Å². The van der Waals surface area contributed by atoms with Crippen LogP contribution >= 0.6 is 11.6 Å². The van der Waals surface area contributed by atoms with Crippen molar-refractivity contribution < 1.29 is 23.5 Å². The van der Waals surface area contributed by atoms with E-state index in [4.69, 9.17) is 16.3 Å². The highest BCUT2D eigenvalue weighted by Crippen LogP contribution is 2.33. The number of nitrogens with zero attached hydrogens (tertiary/aromatic N) is 4. The summed E-state index contributed by atoms with van der Waals surface area (Å²) in [6.07, 6.45) is 5.44. The van der Waals surface area contributed by atoms with Gasteiger partial charge in [-0.25, -0.2) is 9.07 Å². The van der Waals surface area contributed by atoms with Crippen molar-refractivity contribution in [2.75, 3.05) is 12.4 Å². The number of pyridine rings is 1. The fourth-order valence-corrected chi connectivity index (χ4v) is 5.28. The van der Waals surface area contributed by atoms with Crippen LogP contribution in [0.25, 0.3) is 16.8 Å². The fraction of sp³-hybridized carbons (Fsp3) is 0.290. The van der Waals surface area contributed by atoms with Gasteiger partial charge in [-0.05, 0) is 60.7 Å². The second-order valence-corrected chi connectivity index (χ2v) is 10.7. The van der Waals surface area contributed by atoms with Gasteiger partial charge in [0.05, 0.1) is 36.5 Å². The summed E-state index contributed by atoms with van der Waals surface area (Å²) in [6, 6.07) is 13.1. The van der Waals surface area contributed by atoms with Gasteiger partial charge in [0.1, 0.15) is 5.69 Å². The van der Waals surface area contributed by atoms with Crippen LogP contribution < -0.4 is 10.6 Å². The van der Waals surface area contributed by atoms with Crippen LogP contribution in [0.1, 0.15) is 60.4 Å². The predicted octanol–water partition coefficient (Wildman–Crippen LogP) is 5.46. The van der Waals surface area contributed by atoms with Gasteiger partial charge >= 0.3 is 5.97 Å². The van der Waals surface area contributed by atoms with Crippen LogP contribution in [0, 0.1) is 11.7 Å². The summed E-state index contributed by atoms with van der Waals surface area (Å²) in [4.78, 5) is 43.1. The zero-order chi connectivity index (χ0) is 30.5. The molecule has 0 fully saturated rings. The Balaban J connectivity index is 1.47. The topological polar surface area (TPSA) is 128 Å². The normalized spacial score (nSPS) is 16.7. The molecule has 2 atom stereocenters. The smallest absolute Gasteiger partial charge is 0.309 e. The van der Waals surface area contributed by atoms with E-state index in [9.17, 15) is 18.8 Å². The lowest BCUT2D eigenvalue weighted by Crippen LogP contribution is -2.30. The summed E-state index contributed by atoms with van der Waals surface area (Å²) in [5.41, 5.74) is 3.50. The standard InChI is InChI=1S/C31H30ClFN6O4/c1-3-19-6-4-8-23(35-31(42)26-17-39(38-37-26)27-9-5-7-22(32)29(27)33)25-16-20(12-13-34-25)21-11-10-18(15-28(40)43-2)14-24(21)36-30(19)41/h5,7,9-14,16-17,19,23H,3-4,6,8,15H2,1-2H3,(H,35,42)(H,36,41)/t19?,23-/m0/s1. The number of esters is 1. The number of anilines is 1. The number of hydrogen-bond acceptors (Lipinski definition) is 7. The number of benzene rings is 2. The molecule has 43 heavy (non-hydrogen) atoms. The Bertz CT molecular complexity index is 1680. The molecule has 5 rings (SSSR count). The van der Waals surface area contributed by atoms with Crippen molar-refractivity contribution in [1.82, 2.24) is 25.3 Å². The number of aromatic nitrogens is 4. The van der Waals surface area contributed by atoms with E-state index in [2.05, 4.69) is 25.9 Å². The molecule has 0 saturated heterocycles. The van der Waals surface area contributed by atoms with Crippen molar-refractivity contribution in [1.29, 1.82) is 0 Å². The third-order valence-electron chi connectivity index (χ3n) is 7.49. The van der Waals surface area contributed by atoms with Crippen LogP contribution in [0.2, 0.25) is 5.02 Å². The first-order chi connectivity index (χ1) is 20.8. The minimum absolute atomic E-state index is 0.00376. The van der Waals surface area contributed by atoms with Crippen molar-refractivity contribution in [3.05, 3.63) is 88.7 Å². The molecule has 2 amide bonds. The molecule has 2 bridgehead atoms. The number of halogens is 2. The summed E-state index contributed by atoms with van der Waals surface area (Å²) in [6.45, 7) is 1.96. The van der Waals surface area contributed by atoms with E-state index in [1.165, 1.54) is 25.4 Å². The first-order valence-electron chi connectivity index (χ1n) is 13.9. The van der Waals surface area contributed by atoms with Gasteiger partial charge in [-0.2, -0.15) is 0 Å². The average Bonchev–Trinajstić information content (AvgIpc) is 3.50.